The maximum Gasteiger partial charge on any atom is 0.0166 e. The second kappa shape index (κ2) is 3.99. The van der Waals surface area contributed by atoms with Crippen LogP contribution in [0.2, 0.25) is 0 Å². The fraction of sp³-hybridized carbons (Fsp3) is 0.222. The summed E-state index contributed by atoms with van der Waals surface area (Å²) in [5.41, 5.74) is 13.1. The molecule has 0 aliphatic heterocycles. The smallest absolute Gasteiger partial charge is 0.0166 e. The highest BCUT2D eigenvalue weighted by Gasteiger charge is 2.18. The minimum atomic E-state index is 1.01. The fourth-order valence-corrected chi connectivity index (χ4v) is 3.50. The molecule has 0 atom stereocenters. The Bertz CT molecular complexity index is 784. The third kappa shape index (κ3) is 1.54. The molecular formula is C18H17N. The molecule has 0 amide bonds. The molecular weight excluding hydrogens is 230 g/mol. The lowest BCUT2D eigenvalue weighted by Crippen LogP contribution is -2.37. The third-order valence-corrected chi connectivity index (χ3v) is 4.40. The summed E-state index contributed by atoms with van der Waals surface area (Å²) in [6.07, 6.45) is 6.66. The maximum atomic E-state index is 6.29. The van der Waals surface area contributed by atoms with Crippen molar-refractivity contribution in [1.29, 1.82) is 0 Å². The van der Waals surface area contributed by atoms with Crippen molar-refractivity contribution in [2.45, 2.75) is 25.7 Å². The van der Waals surface area contributed by atoms with Crippen LogP contribution in [0.5, 0.6) is 0 Å². The lowest BCUT2D eigenvalue weighted by Gasteiger charge is -2.22. The quantitative estimate of drug-likeness (QED) is 0.758. The van der Waals surface area contributed by atoms with Gasteiger partial charge in [-0.3, -0.25) is 0 Å². The van der Waals surface area contributed by atoms with Crippen molar-refractivity contribution < 1.29 is 0 Å². The number of hydrogen-bond acceptors (Lipinski definition) is 1. The zero-order valence-electron chi connectivity index (χ0n) is 10.9. The number of aryl methyl sites for hydroxylation is 1. The van der Waals surface area contributed by atoms with Gasteiger partial charge in [0.05, 0.1) is 0 Å². The van der Waals surface area contributed by atoms with Gasteiger partial charge in [-0.25, -0.2) is 0 Å². The fourth-order valence-electron chi connectivity index (χ4n) is 3.50. The first-order valence-electron chi connectivity index (χ1n) is 7.03. The van der Waals surface area contributed by atoms with E-state index in [-0.39, 0.29) is 0 Å². The highest BCUT2D eigenvalue weighted by Crippen LogP contribution is 2.31. The Morgan fingerprint density at radius 3 is 2.68 bits per heavy atom. The van der Waals surface area contributed by atoms with Crippen molar-refractivity contribution in [3.63, 3.8) is 0 Å². The van der Waals surface area contributed by atoms with Gasteiger partial charge >= 0.3 is 0 Å². The van der Waals surface area contributed by atoms with E-state index in [1.54, 1.807) is 0 Å². The molecule has 0 saturated carbocycles. The standard InChI is InChI=1S/C18H17N/c19-17-7-3-5-13-9-10-15-14-6-2-1-4-12(14)8-11-16(15)18(13)17/h1-2,4-6,9-10H,3,7-8,11,19H2. The van der Waals surface area contributed by atoms with Gasteiger partial charge in [-0.05, 0) is 53.2 Å². The van der Waals surface area contributed by atoms with E-state index in [1.165, 1.54) is 32.7 Å². The van der Waals surface area contributed by atoms with Gasteiger partial charge in [0, 0.05) is 10.9 Å². The summed E-state index contributed by atoms with van der Waals surface area (Å²) >= 11 is 0. The van der Waals surface area contributed by atoms with E-state index in [2.05, 4.69) is 42.5 Å². The summed E-state index contributed by atoms with van der Waals surface area (Å²) in [7, 11) is 0. The highest BCUT2D eigenvalue weighted by molar-refractivity contribution is 5.74. The molecule has 94 valence electrons. The number of fused-ring (bicyclic) bond motifs is 5. The van der Waals surface area contributed by atoms with Crippen molar-refractivity contribution >= 4 is 11.8 Å². The molecule has 2 N–H and O–H groups in total. The molecule has 0 aromatic heterocycles. The molecule has 2 aromatic carbocycles. The molecule has 0 radical (unpaired) electrons. The first-order valence-corrected chi connectivity index (χ1v) is 7.03. The normalized spacial score (nSPS) is 16.1. The average Bonchev–Trinajstić information content (AvgIpc) is 2.46. The van der Waals surface area contributed by atoms with E-state index in [9.17, 15) is 0 Å². The van der Waals surface area contributed by atoms with Crippen molar-refractivity contribution in [2.24, 2.45) is 5.73 Å². The number of nitrogens with two attached hydrogens (primary N) is 1. The summed E-state index contributed by atoms with van der Waals surface area (Å²) in [5.74, 6) is 0. The largest absolute Gasteiger partial charge is 0.402 e. The van der Waals surface area contributed by atoms with Gasteiger partial charge < -0.3 is 5.73 Å². The predicted octanol–water partition coefficient (Wildman–Crippen LogP) is 2.09. The van der Waals surface area contributed by atoms with Crippen LogP contribution in [0.3, 0.4) is 0 Å². The van der Waals surface area contributed by atoms with E-state index < -0.39 is 0 Å². The molecule has 19 heavy (non-hydrogen) atoms. The Balaban J connectivity index is 2.12. The van der Waals surface area contributed by atoms with E-state index >= 15 is 0 Å². The number of rotatable bonds is 0. The Kier molecular flexibility index (Phi) is 2.28. The van der Waals surface area contributed by atoms with Crippen molar-refractivity contribution in [3.05, 3.63) is 58.0 Å². The van der Waals surface area contributed by atoms with Crippen LogP contribution in [0, 0.1) is 0 Å². The van der Waals surface area contributed by atoms with Gasteiger partial charge in [0.25, 0.3) is 0 Å². The monoisotopic (exact) mass is 247 g/mol. The molecule has 0 bridgehead atoms. The van der Waals surface area contributed by atoms with E-state index in [0.29, 0.717) is 0 Å². The molecule has 0 unspecified atom stereocenters. The molecule has 4 rings (SSSR count). The zero-order valence-corrected chi connectivity index (χ0v) is 10.9. The molecule has 2 aliphatic rings. The van der Waals surface area contributed by atoms with E-state index in [4.69, 9.17) is 5.73 Å². The van der Waals surface area contributed by atoms with Gasteiger partial charge in [0.2, 0.25) is 0 Å². The van der Waals surface area contributed by atoms with Crippen LogP contribution in [0.1, 0.15) is 24.0 Å². The van der Waals surface area contributed by atoms with Crippen LogP contribution in [-0.4, -0.2) is 0 Å². The van der Waals surface area contributed by atoms with Crippen molar-refractivity contribution in [2.75, 3.05) is 0 Å². The molecule has 1 nitrogen and oxygen atoms in total. The third-order valence-electron chi connectivity index (χ3n) is 4.40. The molecule has 0 fully saturated rings. The van der Waals surface area contributed by atoms with Gasteiger partial charge in [0.15, 0.2) is 0 Å². The lowest BCUT2D eigenvalue weighted by atomic mass is 9.83. The van der Waals surface area contributed by atoms with Gasteiger partial charge in [-0.2, -0.15) is 0 Å². The Hall–Kier alpha value is -2.02. The first-order chi connectivity index (χ1) is 9.34. The van der Waals surface area contributed by atoms with E-state index in [0.717, 1.165) is 31.4 Å². The summed E-state index contributed by atoms with van der Waals surface area (Å²) in [6.45, 7) is 0. The number of benzene rings is 2. The number of hydrogen-bond donors (Lipinski definition) is 1. The van der Waals surface area contributed by atoms with Crippen molar-refractivity contribution in [1.82, 2.24) is 0 Å². The van der Waals surface area contributed by atoms with Crippen LogP contribution in [0.25, 0.3) is 22.9 Å². The van der Waals surface area contributed by atoms with Gasteiger partial charge in [0.1, 0.15) is 0 Å². The molecule has 2 aromatic rings. The summed E-state index contributed by atoms with van der Waals surface area (Å²) in [5, 5.41) is 2.67. The van der Waals surface area contributed by atoms with Crippen molar-refractivity contribution in [3.8, 4) is 11.1 Å². The molecule has 0 spiro atoms. The van der Waals surface area contributed by atoms with Crippen LogP contribution in [-0.2, 0) is 12.8 Å². The minimum Gasteiger partial charge on any atom is -0.402 e. The zero-order chi connectivity index (χ0) is 12.8. The van der Waals surface area contributed by atoms with Gasteiger partial charge in [-0.1, -0.05) is 42.5 Å². The molecule has 0 saturated heterocycles. The predicted molar refractivity (Wildman–Crippen MR) is 79.8 cm³/mol. The Morgan fingerprint density at radius 1 is 0.842 bits per heavy atom. The second-order valence-corrected chi connectivity index (χ2v) is 5.48. The van der Waals surface area contributed by atoms with E-state index in [1.807, 2.05) is 0 Å². The molecule has 2 aliphatic carbocycles. The van der Waals surface area contributed by atoms with Crippen LogP contribution in [0.4, 0.5) is 0 Å². The van der Waals surface area contributed by atoms with Crippen LogP contribution >= 0.6 is 0 Å². The SMILES string of the molecule is NC1=c2c3c(ccc2=CCC1)-c1ccccc1CC3. The second-order valence-electron chi connectivity index (χ2n) is 5.48. The first kappa shape index (κ1) is 10.9. The molecule has 0 heterocycles. The molecule has 1 heteroatoms. The maximum absolute atomic E-state index is 6.29. The lowest BCUT2D eigenvalue weighted by molar-refractivity contribution is 0.920. The Labute approximate surface area is 113 Å². The van der Waals surface area contributed by atoms with Crippen LogP contribution < -0.4 is 16.2 Å². The Morgan fingerprint density at radius 2 is 1.74 bits per heavy atom. The summed E-state index contributed by atoms with van der Waals surface area (Å²) < 4.78 is 0. The van der Waals surface area contributed by atoms with Gasteiger partial charge in [-0.15, -0.1) is 0 Å². The minimum absolute atomic E-state index is 1.01. The van der Waals surface area contributed by atoms with Crippen LogP contribution in [0.15, 0.2) is 36.4 Å². The average molecular weight is 247 g/mol. The summed E-state index contributed by atoms with van der Waals surface area (Å²) in [6, 6.07) is 13.3. The summed E-state index contributed by atoms with van der Waals surface area (Å²) in [4.78, 5) is 0. The highest BCUT2D eigenvalue weighted by atomic mass is 14.6. The topological polar surface area (TPSA) is 26.0 Å².